The monoisotopic (exact) mass is 321 g/mol. The SMILES string of the molecule is N#CC[C@H]1Cc2cc(F)cc(-c3c(Cl)cccc3Cl)c2O1. The van der Waals surface area contributed by atoms with Crippen molar-refractivity contribution in [1.82, 2.24) is 0 Å². The van der Waals surface area contributed by atoms with Gasteiger partial charge < -0.3 is 4.74 Å². The van der Waals surface area contributed by atoms with Crippen molar-refractivity contribution in [3.63, 3.8) is 0 Å². The first kappa shape index (κ1) is 14.2. The van der Waals surface area contributed by atoms with Gasteiger partial charge in [-0.1, -0.05) is 29.3 Å². The molecule has 0 aliphatic carbocycles. The van der Waals surface area contributed by atoms with E-state index in [0.717, 1.165) is 5.56 Å². The highest BCUT2D eigenvalue weighted by atomic mass is 35.5. The Hall–Kier alpha value is -1.76. The molecule has 106 valence electrons. The van der Waals surface area contributed by atoms with Crippen molar-refractivity contribution in [2.24, 2.45) is 0 Å². The van der Waals surface area contributed by atoms with E-state index in [4.69, 9.17) is 33.2 Å². The molecule has 5 heteroatoms. The lowest BCUT2D eigenvalue weighted by atomic mass is 10.00. The lowest BCUT2D eigenvalue weighted by Gasteiger charge is -2.13. The predicted molar refractivity (Wildman–Crippen MR) is 80.2 cm³/mol. The number of nitrogens with zero attached hydrogens (tertiary/aromatic N) is 1. The lowest BCUT2D eigenvalue weighted by Crippen LogP contribution is -2.11. The number of ether oxygens (including phenoxy) is 1. The Kier molecular flexibility index (Phi) is 3.75. The fourth-order valence-corrected chi connectivity index (χ4v) is 3.15. The second-order valence-corrected chi connectivity index (χ2v) is 5.66. The van der Waals surface area contributed by atoms with Gasteiger partial charge in [-0.2, -0.15) is 5.26 Å². The van der Waals surface area contributed by atoms with Crippen molar-refractivity contribution in [3.8, 4) is 22.9 Å². The molecule has 0 aromatic heterocycles. The number of halogens is 3. The Morgan fingerprint density at radius 2 is 2.00 bits per heavy atom. The highest BCUT2D eigenvalue weighted by Crippen LogP contribution is 2.45. The van der Waals surface area contributed by atoms with Crippen LogP contribution in [0.4, 0.5) is 4.39 Å². The van der Waals surface area contributed by atoms with Crippen LogP contribution >= 0.6 is 23.2 Å². The Labute approximate surface area is 131 Å². The summed E-state index contributed by atoms with van der Waals surface area (Å²) in [5, 5.41) is 9.65. The van der Waals surface area contributed by atoms with E-state index in [-0.39, 0.29) is 18.3 Å². The minimum atomic E-state index is -0.374. The predicted octanol–water partition coefficient (Wildman–Crippen LogP) is 5.02. The molecule has 2 nitrogen and oxygen atoms in total. The molecule has 1 heterocycles. The third-order valence-electron chi connectivity index (χ3n) is 3.41. The first-order chi connectivity index (χ1) is 10.1. The largest absolute Gasteiger partial charge is 0.488 e. The maximum Gasteiger partial charge on any atom is 0.131 e. The molecule has 1 atom stereocenters. The fraction of sp³-hybridized carbons (Fsp3) is 0.188. The molecular weight excluding hydrogens is 312 g/mol. The molecule has 1 aliphatic heterocycles. The molecule has 0 saturated heterocycles. The minimum absolute atomic E-state index is 0.256. The fourth-order valence-electron chi connectivity index (χ4n) is 2.55. The summed E-state index contributed by atoms with van der Waals surface area (Å²) in [5.41, 5.74) is 1.82. The van der Waals surface area contributed by atoms with Crippen LogP contribution in [0.2, 0.25) is 10.0 Å². The van der Waals surface area contributed by atoms with E-state index in [2.05, 4.69) is 6.07 Å². The van der Waals surface area contributed by atoms with Gasteiger partial charge in [-0.05, 0) is 24.3 Å². The van der Waals surface area contributed by atoms with E-state index in [1.54, 1.807) is 18.2 Å². The average molecular weight is 322 g/mol. The van der Waals surface area contributed by atoms with E-state index in [9.17, 15) is 4.39 Å². The number of hydrogen-bond donors (Lipinski definition) is 0. The second kappa shape index (κ2) is 5.55. The molecule has 3 rings (SSSR count). The Morgan fingerprint density at radius 3 is 2.67 bits per heavy atom. The molecule has 0 N–H and O–H groups in total. The molecule has 2 aromatic rings. The van der Waals surface area contributed by atoms with Crippen molar-refractivity contribution < 1.29 is 9.13 Å². The summed E-state index contributed by atoms with van der Waals surface area (Å²) in [5.74, 6) is 0.188. The second-order valence-electron chi connectivity index (χ2n) is 4.84. The van der Waals surface area contributed by atoms with Gasteiger partial charge in [0.05, 0.1) is 22.5 Å². The van der Waals surface area contributed by atoms with E-state index in [0.29, 0.717) is 33.3 Å². The van der Waals surface area contributed by atoms with Crippen LogP contribution in [0, 0.1) is 17.1 Å². The zero-order valence-electron chi connectivity index (χ0n) is 10.9. The summed E-state index contributed by atoms with van der Waals surface area (Å²) < 4.78 is 19.7. The van der Waals surface area contributed by atoms with Crippen LogP contribution in [0.25, 0.3) is 11.1 Å². The van der Waals surface area contributed by atoms with Gasteiger partial charge in [-0.3, -0.25) is 0 Å². The summed E-state index contributed by atoms with van der Waals surface area (Å²) in [4.78, 5) is 0. The van der Waals surface area contributed by atoms with Gasteiger partial charge in [0.25, 0.3) is 0 Å². The molecule has 0 saturated carbocycles. The maximum absolute atomic E-state index is 13.9. The standard InChI is InChI=1S/C16H10Cl2FNO/c17-13-2-1-3-14(18)15(13)12-8-10(19)6-9-7-11(4-5-20)21-16(9)12/h1-3,6,8,11H,4,7H2/t11-/m0/s1. The van der Waals surface area contributed by atoms with Crippen molar-refractivity contribution in [2.75, 3.05) is 0 Å². The molecule has 0 amide bonds. The zero-order chi connectivity index (χ0) is 15.0. The molecular formula is C16H10Cl2FNO. The Balaban J connectivity index is 2.16. The van der Waals surface area contributed by atoms with Gasteiger partial charge >= 0.3 is 0 Å². The third kappa shape index (κ3) is 2.57. The number of fused-ring (bicyclic) bond motifs is 1. The minimum Gasteiger partial charge on any atom is -0.488 e. The number of nitriles is 1. The van der Waals surface area contributed by atoms with Crippen LogP contribution in [0.15, 0.2) is 30.3 Å². The summed E-state index contributed by atoms with van der Waals surface area (Å²) >= 11 is 12.4. The first-order valence-electron chi connectivity index (χ1n) is 6.40. The van der Waals surface area contributed by atoms with Gasteiger partial charge in [0.1, 0.15) is 17.7 Å². The van der Waals surface area contributed by atoms with Gasteiger partial charge in [-0.15, -0.1) is 0 Å². The molecule has 0 spiro atoms. The first-order valence-corrected chi connectivity index (χ1v) is 7.16. The smallest absolute Gasteiger partial charge is 0.131 e. The highest BCUT2D eigenvalue weighted by Gasteiger charge is 2.28. The van der Waals surface area contributed by atoms with Crippen LogP contribution in [0.1, 0.15) is 12.0 Å². The van der Waals surface area contributed by atoms with E-state index in [1.807, 2.05) is 0 Å². The van der Waals surface area contributed by atoms with Crippen LogP contribution in [0.3, 0.4) is 0 Å². The average Bonchev–Trinajstić information content (AvgIpc) is 2.81. The molecule has 0 fully saturated rings. The maximum atomic E-state index is 13.9. The van der Waals surface area contributed by atoms with E-state index >= 15 is 0 Å². The van der Waals surface area contributed by atoms with Crippen LogP contribution in [-0.4, -0.2) is 6.10 Å². The molecule has 2 aromatic carbocycles. The summed E-state index contributed by atoms with van der Waals surface area (Å²) in [6.45, 7) is 0. The summed E-state index contributed by atoms with van der Waals surface area (Å²) in [7, 11) is 0. The number of benzene rings is 2. The van der Waals surface area contributed by atoms with Gasteiger partial charge in [0.2, 0.25) is 0 Å². The van der Waals surface area contributed by atoms with Gasteiger partial charge in [-0.25, -0.2) is 4.39 Å². The van der Waals surface area contributed by atoms with Crippen molar-refractivity contribution in [1.29, 1.82) is 5.26 Å². The number of hydrogen-bond acceptors (Lipinski definition) is 2. The molecule has 1 aliphatic rings. The van der Waals surface area contributed by atoms with E-state index in [1.165, 1.54) is 12.1 Å². The van der Waals surface area contributed by atoms with Gasteiger partial charge in [0, 0.05) is 23.1 Å². The molecule has 0 unspecified atom stereocenters. The van der Waals surface area contributed by atoms with E-state index < -0.39 is 0 Å². The number of rotatable bonds is 2. The van der Waals surface area contributed by atoms with Crippen molar-refractivity contribution in [2.45, 2.75) is 18.9 Å². The van der Waals surface area contributed by atoms with Crippen molar-refractivity contribution in [3.05, 3.63) is 51.8 Å². The summed E-state index contributed by atoms with van der Waals surface area (Å²) in [6.07, 6.45) is 0.508. The van der Waals surface area contributed by atoms with Gasteiger partial charge in [0.15, 0.2) is 0 Å². The van der Waals surface area contributed by atoms with Crippen LogP contribution in [-0.2, 0) is 6.42 Å². The molecule has 21 heavy (non-hydrogen) atoms. The topological polar surface area (TPSA) is 33.0 Å². The normalized spacial score (nSPS) is 16.2. The quantitative estimate of drug-likeness (QED) is 0.778. The zero-order valence-corrected chi connectivity index (χ0v) is 12.4. The molecule has 0 bridgehead atoms. The third-order valence-corrected chi connectivity index (χ3v) is 4.04. The Morgan fingerprint density at radius 1 is 1.29 bits per heavy atom. The molecule has 0 radical (unpaired) electrons. The van der Waals surface area contributed by atoms with Crippen molar-refractivity contribution >= 4 is 23.2 Å². The lowest BCUT2D eigenvalue weighted by molar-refractivity contribution is 0.239. The summed E-state index contributed by atoms with van der Waals surface area (Å²) in [6, 6.07) is 9.99. The van der Waals surface area contributed by atoms with Crippen LogP contribution in [0.5, 0.6) is 5.75 Å². The Bertz CT molecular complexity index is 734. The van der Waals surface area contributed by atoms with Crippen LogP contribution < -0.4 is 4.74 Å². The highest BCUT2D eigenvalue weighted by molar-refractivity contribution is 6.39.